The molecule has 1 aliphatic rings. The lowest BCUT2D eigenvalue weighted by atomic mass is 10.1. The second-order valence-corrected chi connectivity index (χ2v) is 6.24. The summed E-state index contributed by atoms with van der Waals surface area (Å²) in [5, 5.41) is 0.235. The van der Waals surface area contributed by atoms with Gasteiger partial charge in [0.05, 0.1) is 23.2 Å². The van der Waals surface area contributed by atoms with Crippen molar-refractivity contribution in [3.63, 3.8) is 0 Å². The first-order valence-electron chi connectivity index (χ1n) is 7.69. The molecular weight excluding hydrogens is 355 g/mol. The van der Waals surface area contributed by atoms with E-state index in [-0.39, 0.29) is 18.1 Å². The fourth-order valence-electron chi connectivity index (χ4n) is 2.98. The minimum atomic E-state index is -4.39. The van der Waals surface area contributed by atoms with Crippen molar-refractivity contribution in [3.05, 3.63) is 64.7 Å². The number of halogens is 4. The smallest absolute Gasteiger partial charge is 0.414 e. The van der Waals surface area contributed by atoms with Crippen LogP contribution in [0, 0.1) is 0 Å². The van der Waals surface area contributed by atoms with Gasteiger partial charge in [-0.25, -0.2) is 4.79 Å². The standard InChI is InChI=1S/C18H15ClF3NO2/c19-15-8-4-7-13-9-14(10-18(20,21)22)23(16(13)15)17(24)25-11-12-5-2-1-3-6-12/h1-8,14H,9-11H2. The molecule has 0 radical (unpaired) electrons. The maximum absolute atomic E-state index is 12.9. The summed E-state index contributed by atoms with van der Waals surface area (Å²) in [6.07, 6.45) is -6.24. The highest BCUT2D eigenvalue weighted by molar-refractivity contribution is 6.34. The SMILES string of the molecule is O=C(OCc1ccccc1)N1c2c(Cl)cccc2CC1CC(F)(F)F. The lowest BCUT2D eigenvalue weighted by molar-refractivity contribution is -0.137. The molecule has 0 bridgehead atoms. The summed E-state index contributed by atoms with van der Waals surface area (Å²) in [7, 11) is 0. The highest BCUT2D eigenvalue weighted by Gasteiger charge is 2.43. The molecule has 0 saturated carbocycles. The van der Waals surface area contributed by atoms with E-state index in [1.165, 1.54) is 0 Å². The molecule has 1 heterocycles. The number of anilines is 1. The van der Waals surface area contributed by atoms with Crippen molar-refractivity contribution in [2.45, 2.75) is 31.7 Å². The molecule has 0 N–H and O–H groups in total. The maximum Gasteiger partial charge on any atom is 0.414 e. The number of alkyl halides is 3. The van der Waals surface area contributed by atoms with E-state index in [1.54, 1.807) is 42.5 Å². The van der Waals surface area contributed by atoms with E-state index >= 15 is 0 Å². The number of fused-ring (bicyclic) bond motifs is 1. The molecule has 2 aromatic carbocycles. The summed E-state index contributed by atoms with van der Waals surface area (Å²) < 4.78 is 44.0. The molecule has 3 rings (SSSR count). The van der Waals surface area contributed by atoms with Crippen molar-refractivity contribution in [1.29, 1.82) is 0 Å². The molecule has 7 heteroatoms. The monoisotopic (exact) mass is 369 g/mol. The van der Waals surface area contributed by atoms with Gasteiger partial charge in [0.2, 0.25) is 0 Å². The van der Waals surface area contributed by atoms with Gasteiger partial charge >= 0.3 is 12.3 Å². The maximum atomic E-state index is 12.9. The molecule has 3 nitrogen and oxygen atoms in total. The number of ether oxygens (including phenoxy) is 1. The molecule has 0 aromatic heterocycles. The van der Waals surface area contributed by atoms with Crippen LogP contribution in [0.15, 0.2) is 48.5 Å². The molecule has 132 valence electrons. The molecule has 1 aliphatic heterocycles. The first kappa shape index (κ1) is 17.6. The Morgan fingerprint density at radius 3 is 2.56 bits per heavy atom. The van der Waals surface area contributed by atoms with Gasteiger partial charge in [-0.1, -0.05) is 54.1 Å². The molecule has 25 heavy (non-hydrogen) atoms. The Labute approximate surface area is 148 Å². The van der Waals surface area contributed by atoms with Crippen molar-refractivity contribution in [2.75, 3.05) is 4.90 Å². The van der Waals surface area contributed by atoms with Crippen LogP contribution in [0.4, 0.5) is 23.7 Å². The highest BCUT2D eigenvalue weighted by Crippen LogP contribution is 2.41. The van der Waals surface area contributed by atoms with Gasteiger partial charge in [0.15, 0.2) is 0 Å². The normalized spacial score (nSPS) is 16.6. The lowest BCUT2D eigenvalue weighted by Gasteiger charge is -2.26. The molecule has 0 spiro atoms. The first-order valence-corrected chi connectivity index (χ1v) is 8.07. The average Bonchev–Trinajstić information content (AvgIpc) is 2.91. The minimum Gasteiger partial charge on any atom is -0.444 e. The fourth-order valence-corrected chi connectivity index (χ4v) is 3.27. The third-order valence-corrected chi connectivity index (χ3v) is 4.31. The number of hydrogen-bond acceptors (Lipinski definition) is 2. The van der Waals surface area contributed by atoms with Crippen molar-refractivity contribution in [3.8, 4) is 0 Å². The van der Waals surface area contributed by atoms with E-state index < -0.39 is 24.7 Å². The number of carbonyl (C=O) groups is 1. The molecule has 0 saturated heterocycles. The van der Waals surface area contributed by atoms with Crippen LogP contribution in [0.3, 0.4) is 0 Å². The number of carbonyl (C=O) groups excluding carboxylic acids is 1. The van der Waals surface area contributed by atoms with Gasteiger partial charge in [-0.2, -0.15) is 13.2 Å². The van der Waals surface area contributed by atoms with Gasteiger partial charge in [0.25, 0.3) is 0 Å². The molecule has 0 fully saturated rings. The quantitative estimate of drug-likeness (QED) is 0.728. The Morgan fingerprint density at radius 2 is 1.88 bits per heavy atom. The van der Waals surface area contributed by atoms with Crippen LogP contribution in [0.2, 0.25) is 5.02 Å². The highest BCUT2D eigenvalue weighted by atomic mass is 35.5. The Morgan fingerprint density at radius 1 is 1.16 bits per heavy atom. The summed E-state index contributed by atoms with van der Waals surface area (Å²) in [5.41, 5.74) is 1.66. The Kier molecular flexibility index (Phi) is 4.90. The average molecular weight is 370 g/mol. The van der Waals surface area contributed by atoms with E-state index in [2.05, 4.69) is 0 Å². The lowest BCUT2D eigenvalue weighted by Crippen LogP contribution is -2.40. The summed E-state index contributed by atoms with van der Waals surface area (Å²) in [6.45, 7) is -0.0191. The summed E-state index contributed by atoms with van der Waals surface area (Å²) in [5.74, 6) is 0. The number of para-hydroxylation sites is 1. The zero-order valence-corrected chi connectivity index (χ0v) is 13.8. The van der Waals surface area contributed by atoms with Crippen molar-refractivity contribution in [1.82, 2.24) is 0 Å². The van der Waals surface area contributed by atoms with Crippen molar-refractivity contribution < 1.29 is 22.7 Å². The molecule has 1 atom stereocenters. The van der Waals surface area contributed by atoms with Gasteiger partial charge in [-0.3, -0.25) is 4.90 Å². The van der Waals surface area contributed by atoms with Crippen LogP contribution in [-0.2, 0) is 17.8 Å². The first-order chi connectivity index (χ1) is 11.8. The molecule has 0 aliphatic carbocycles. The summed E-state index contributed by atoms with van der Waals surface area (Å²) in [6, 6.07) is 12.8. The molecule has 1 amide bonds. The zero-order chi connectivity index (χ0) is 18.0. The number of amides is 1. The van der Waals surface area contributed by atoms with Gasteiger partial charge in [-0.15, -0.1) is 0 Å². The zero-order valence-electron chi connectivity index (χ0n) is 13.1. The fraction of sp³-hybridized carbons (Fsp3) is 0.278. The number of nitrogens with zero attached hydrogens (tertiary/aromatic N) is 1. The summed E-state index contributed by atoms with van der Waals surface area (Å²) in [4.78, 5) is 13.5. The van der Waals surface area contributed by atoms with E-state index in [4.69, 9.17) is 16.3 Å². The van der Waals surface area contributed by atoms with Crippen LogP contribution in [0.5, 0.6) is 0 Å². The predicted octanol–water partition coefficient (Wildman–Crippen LogP) is 5.36. The number of hydrogen-bond donors (Lipinski definition) is 0. The Balaban J connectivity index is 1.83. The molecule has 2 aromatic rings. The predicted molar refractivity (Wildman–Crippen MR) is 88.7 cm³/mol. The van der Waals surface area contributed by atoms with Crippen LogP contribution >= 0.6 is 11.6 Å². The second-order valence-electron chi connectivity index (χ2n) is 5.83. The van der Waals surface area contributed by atoms with Crippen LogP contribution in [0.25, 0.3) is 0 Å². The van der Waals surface area contributed by atoms with Gasteiger partial charge in [-0.05, 0) is 23.6 Å². The topological polar surface area (TPSA) is 29.5 Å². The third kappa shape index (κ3) is 4.07. The molecular formula is C18H15ClF3NO2. The van der Waals surface area contributed by atoms with Crippen molar-refractivity contribution >= 4 is 23.4 Å². The number of benzene rings is 2. The molecule has 1 unspecified atom stereocenters. The van der Waals surface area contributed by atoms with E-state index in [0.29, 0.717) is 11.3 Å². The summed E-state index contributed by atoms with van der Waals surface area (Å²) >= 11 is 6.13. The van der Waals surface area contributed by atoms with Gasteiger partial charge in [0, 0.05) is 0 Å². The van der Waals surface area contributed by atoms with Crippen LogP contribution < -0.4 is 4.90 Å². The van der Waals surface area contributed by atoms with Gasteiger partial charge < -0.3 is 4.74 Å². The third-order valence-electron chi connectivity index (χ3n) is 4.00. The largest absolute Gasteiger partial charge is 0.444 e. The van der Waals surface area contributed by atoms with Gasteiger partial charge in [0.1, 0.15) is 6.61 Å². The van der Waals surface area contributed by atoms with E-state index in [1.807, 2.05) is 6.07 Å². The second kappa shape index (κ2) is 6.96. The minimum absolute atomic E-state index is 0.0191. The van der Waals surface area contributed by atoms with E-state index in [0.717, 1.165) is 10.5 Å². The van der Waals surface area contributed by atoms with E-state index in [9.17, 15) is 18.0 Å². The van der Waals surface area contributed by atoms with Crippen molar-refractivity contribution in [2.24, 2.45) is 0 Å². The van der Waals surface area contributed by atoms with Crippen LogP contribution in [-0.4, -0.2) is 18.3 Å². The van der Waals surface area contributed by atoms with Crippen LogP contribution in [0.1, 0.15) is 17.5 Å². The Hall–Kier alpha value is -2.21. The number of rotatable bonds is 3. The Bertz CT molecular complexity index is 765.